The Morgan fingerprint density at radius 3 is 2.62 bits per heavy atom. The summed E-state index contributed by atoms with van der Waals surface area (Å²) in [4.78, 5) is 12.2. The van der Waals surface area contributed by atoms with Gasteiger partial charge in [-0.1, -0.05) is 42.6 Å². The first-order chi connectivity index (χ1) is 12.5. The van der Waals surface area contributed by atoms with Crippen molar-refractivity contribution in [1.82, 2.24) is 5.32 Å². The molecule has 5 heteroatoms. The first-order valence-electron chi connectivity index (χ1n) is 8.28. The molecule has 0 spiro atoms. The summed E-state index contributed by atoms with van der Waals surface area (Å²) >= 11 is 5.86. The van der Waals surface area contributed by atoms with Crippen LogP contribution in [0.2, 0.25) is 5.02 Å². The van der Waals surface area contributed by atoms with Gasteiger partial charge >= 0.3 is 0 Å². The predicted octanol–water partition coefficient (Wildman–Crippen LogP) is 4.17. The highest BCUT2D eigenvalue weighted by Crippen LogP contribution is 2.31. The molecule has 0 aliphatic carbocycles. The Morgan fingerprint density at radius 1 is 1.23 bits per heavy atom. The molecule has 0 saturated heterocycles. The number of benzene rings is 2. The molecule has 0 aromatic heterocycles. The Balaban J connectivity index is 1.93. The predicted molar refractivity (Wildman–Crippen MR) is 104 cm³/mol. The van der Waals surface area contributed by atoms with Crippen LogP contribution in [0.3, 0.4) is 0 Å². The summed E-state index contributed by atoms with van der Waals surface area (Å²) in [5, 5.41) is 3.60. The number of terminal acetylenes is 1. The van der Waals surface area contributed by atoms with E-state index in [9.17, 15) is 4.79 Å². The molecule has 0 bridgehead atoms. The first kappa shape index (κ1) is 19.7. The lowest BCUT2D eigenvalue weighted by Gasteiger charge is -2.15. The molecule has 0 fully saturated rings. The monoisotopic (exact) mass is 371 g/mol. The molecule has 0 aliphatic heterocycles. The number of carbonyl (C=O) groups excluding carboxylic acids is 1. The van der Waals surface area contributed by atoms with Crippen molar-refractivity contribution in [2.45, 2.75) is 25.8 Å². The Kier molecular flexibility index (Phi) is 7.37. The molecular formula is C21H22ClNO3. The average molecular weight is 372 g/mol. The van der Waals surface area contributed by atoms with Gasteiger partial charge in [0.15, 0.2) is 11.5 Å². The van der Waals surface area contributed by atoms with Gasteiger partial charge in [0, 0.05) is 18.0 Å². The van der Waals surface area contributed by atoms with Crippen LogP contribution in [0.25, 0.3) is 0 Å². The maximum Gasteiger partial charge on any atom is 0.220 e. The van der Waals surface area contributed by atoms with Gasteiger partial charge in [-0.3, -0.25) is 4.79 Å². The fourth-order valence-corrected chi connectivity index (χ4v) is 2.63. The van der Waals surface area contributed by atoms with Crippen LogP contribution in [0.5, 0.6) is 11.5 Å². The third-order valence-electron chi connectivity index (χ3n) is 3.96. The molecule has 0 radical (unpaired) electrons. The SMILES string of the molecule is C#CCOc1ccc(C(C)CC(=O)NCc2ccc(Cl)cc2)cc1OC. The first-order valence-corrected chi connectivity index (χ1v) is 8.66. The lowest BCUT2D eigenvalue weighted by Crippen LogP contribution is -2.24. The Bertz CT molecular complexity index is 781. The molecule has 1 amide bonds. The zero-order valence-corrected chi connectivity index (χ0v) is 15.7. The number of hydrogen-bond acceptors (Lipinski definition) is 3. The van der Waals surface area contributed by atoms with Gasteiger partial charge in [-0.2, -0.15) is 0 Å². The smallest absolute Gasteiger partial charge is 0.220 e. The van der Waals surface area contributed by atoms with E-state index in [0.717, 1.165) is 11.1 Å². The van der Waals surface area contributed by atoms with Gasteiger partial charge in [-0.15, -0.1) is 6.42 Å². The lowest BCUT2D eigenvalue weighted by atomic mass is 9.97. The summed E-state index contributed by atoms with van der Waals surface area (Å²) in [5.41, 5.74) is 2.00. The Labute approximate surface area is 159 Å². The Morgan fingerprint density at radius 2 is 1.96 bits per heavy atom. The number of carbonyl (C=O) groups is 1. The minimum Gasteiger partial charge on any atom is -0.493 e. The molecule has 0 heterocycles. The van der Waals surface area contributed by atoms with Gasteiger partial charge in [-0.05, 0) is 41.3 Å². The van der Waals surface area contributed by atoms with Crippen molar-refractivity contribution < 1.29 is 14.3 Å². The van der Waals surface area contributed by atoms with Crippen molar-refractivity contribution >= 4 is 17.5 Å². The summed E-state index contributed by atoms with van der Waals surface area (Å²) in [5.74, 6) is 3.64. The quantitative estimate of drug-likeness (QED) is 0.708. The molecule has 26 heavy (non-hydrogen) atoms. The summed E-state index contributed by atoms with van der Waals surface area (Å²) in [6.45, 7) is 2.65. The summed E-state index contributed by atoms with van der Waals surface area (Å²) < 4.78 is 10.8. The summed E-state index contributed by atoms with van der Waals surface area (Å²) in [6, 6.07) is 13.0. The van der Waals surface area contributed by atoms with Gasteiger partial charge in [0.25, 0.3) is 0 Å². The molecule has 4 nitrogen and oxygen atoms in total. The number of ether oxygens (including phenoxy) is 2. The topological polar surface area (TPSA) is 47.6 Å². The molecular weight excluding hydrogens is 350 g/mol. The number of methoxy groups -OCH3 is 1. The third kappa shape index (κ3) is 5.72. The fraction of sp³-hybridized carbons (Fsp3) is 0.286. The van der Waals surface area contributed by atoms with Crippen molar-refractivity contribution in [2.75, 3.05) is 13.7 Å². The molecule has 2 aromatic rings. The maximum atomic E-state index is 12.2. The average Bonchev–Trinajstić information content (AvgIpc) is 2.65. The van der Waals surface area contributed by atoms with Crippen LogP contribution < -0.4 is 14.8 Å². The van der Waals surface area contributed by atoms with Gasteiger partial charge in [-0.25, -0.2) is 0 Å². The molecule has 1 atom stereocenters. The highest BCUT2D eigenvalue weighted by atomic mass is 35.5. The molecule has 1 N–H and O–H groups in total. The molecule has 0 saturated carbocycles. The van der Waals surface area contributed by atoms with E-state index in [1.807, 2.05) is 49.4 Å². The van der Waals surface area contributed by atoms with Crippen molar-refractivity contribution in [3.05, 3.63) is 58.6 Å². The van der Waals surface area contributed by atoms with Crippen molar-refractivity contribution in [3.63, 3.8) is 0 Å². The standard InChI is InChI=1S/C21H22ClNO3/c1-4-11-26-19-10-7-17(13-20(19)25-3)15(2)12-21(24)23-14-16-5-8-18(22)9-6-16/h1,5-10,13,15H,11-12,14H2,2-3H3,(H,23,24). The van der Waals surface area contributed by atoms with Crippen LogP contribution in [0.15, 0.2) is 42.5 Å². The number of nitrogens with one attached hydrogen (secondary N) is 1. The molecule has 2 aromatic carbocycles. The van der Waals surface area contributed by atoms with Crippen LogP contribution in [0.1, 0.15) is 30.4 Å². The van der Waals surface area contributed by atoms with Crippen molar-refractivity contribution in [2.24, 2.45) is 0 Å². The molecule has 2 rings (SSSR count). The highest BCUT2D eigenvalue weighted by molar-refractivity contribution is 6.30. The number of hydrogen-bond donors (Lipinski definition) is 1. The summed E-state index contributed by atoms with van der Waals surface area (Å²) in [6.07, 6.45) is 5.59. The lowest BCUT2D eigenvalue weighted by molar-refractivity contribution is -0.121. The van der Waals surface area contributed by atoms with Gasteiger partial charge < -0.3 is 14.8 Å². The molecule has 0 aliphatic rings. The number of rotatable bonds is 8. The van der Waals surface area contributed by atoms with Crippen LogP contribution in [0.4, 0.5) is 0 Å². The van der Waals surface area contributed by atoms with Gasteiger partial charge in [0.05, 0.1) is 7.11 Å². The largest absolute Gasteiger partial charge is 0.493 e. The normalized spacial score (nSPS) is 11.3. The van der Waals surface area contributed by atoms with E-state index in [1.165, 1.54) is 0 Å². The Hall–Kier alpha value is -2.64. The number of amides is 1. The van der Waals surface area contributed by atoms with E-state index < -0.39 is 0 Å². The minimum atomic E-state index is -0.0147. The molecule has 136 valence electrons. The van der Waals surface area contributed by atoms with Gasteiger partial charge in [0.2, 0.25) is 5.91 Å². The van der Waals surface area contributed by atoms with E-state index in [0.29, 0.717) is 29.5 Å². The molecule has 1 unspecified atom stereocenters. The highest BCUT2D eigenvalue weighted by Gasteiger charge is 2.14. The van der Waals surface area contributed by atoms with Crippen LogP contribution in [-0.2, 0) is 11.3 Å². The maximum absolute atomic E-state index is 12.2. The zero-order chi connectivity index (χ0) is 18.9. The minimum absolute atomic E-state index is 0.0147. The van der Waals surface area contributed by atoms with E-state index in [-0.39, 0.29) is 18.4 Å². The second-order valence-corrected chi connectivity index (χ2v) is 6.35. The van der Waals surface area contributed by atoms with E-state index in [2.05, 4.69) is 11.2 Å². The van der Waals surface area contributed by atoms with E-state index in [1.54, 1.807) is 7.11 Å². The second-order valence-electron chi connectivity index (χ2n) is 5.91. The van der Waals surface area contributed by atoms with Crippen LogP contribution in [-0.4, -0.2) is 19.6 Å². The third-order valence-corrected chi connectivity index (χ3v) is 4.21. The summed E-state index contributed by atoms with van der Waals surface area (Å²) in [7, 11) is 1.57. The number of halogens is 1. The second kappa shape index (κ2) is 9.74. The zero-order valence-electron chi connectivity index (χ0n) is 14.9. The fourth-order valence-electron chi connectivity index (χ4n) is 2.50. The van der Waals surface area contributed by atoms with Crippen molar-refractivity contribution in [1.29, 1.82) is 0 Å². The van der Waals surface area contributed by atoms with Crippen LogP contribution >= 0.6 is 11.6 Å². The van der Waals surface area contributed by atoms with E-state index in [4.69, 9.17) is 27.5 Å². The van der Waals surface area contributed by atoms with Crippen LogP contribution in [0, 0.1) is 12.3 Å². The van der Waals surface area contributed by atoms with Gasteiger partial charge in [0.1, 0.15) is 6.61 Å². The van der Waals surface area contributed by atoms with Crippen molar-refractivity contribution in [3.8, 4) is 23.8 Å². The van der Waals surface area contributed by atoms with E-state index >= 15 is 0 Å².